The Morgan fingerprint density at radius 3 is 2.60 bits per heavy atom. The van der Waals surface area contributed by atoms with E-state index in [1.165, 1.54) is 25.0 Å². The second-order valence-corrected chi connectivity index (χ2v) is 5.39. The molecule has 8 nitrogen and oxygen atoms in total. The molecule has 4 heterocycles. The Balaban J connectivity index is 1.79. The minimum atomic E-state index is -0.440. The van der Waals surface area contributed by atoms with E-state index in [4.69, 9.17) is 5.84 Å². The highest BCUT2D eigenvalue weighted by atomic mass is 16.6. The molecule has 2 bridgehead atoms. The molecule has 0 saturated carbocycles. The Morgan fingerprint density at radius 1 is 1.35 bits per heavy atom. The largest absolute Gasteiger partial charge is 0.365 e. The monoisotopic (exact) mass is 278 g/mol. The lowest BCUT2D eigenvalue weighted by Crippen LogP contribution is -2.53. The van der Waals surface area contributed by atoms with Crippen LogP contribution in [-0.4, -0.2) is 40.5 Å². The van der Waals surface area contributed by atoms with Crippen molar-refractivity contribution in [2.24, 2.45) is 11.8 Å². The third kappa shape index (κ3) is 2.52. The summed E-state index contributed by atoms with van der Waals surface area (Å²) in [6.45, 7) is 3.28. The first kappa shape index (κ1) is 13.1. The van der Waals surface area contributed by atoms with Crippen molar-refractivity contribution in [2.45, 2.75) is 18.9 Å². The summed E-state index contributed by atoms with van der Waals surface area (Å²) >= 11 is 0. The van der Waals surface area contributed by atoms with Crippen molar-refractivity contribution in [3.05, 3.63) is 22.2 Å². The minimum absolute atomic E-state index is 0.0169. The number of nitrogens with zero attached hydrogens (tertiary/aromatic N) is 3. The van der Waals surface area contributed by atoms with Gasteiger partial charge in [-0.15, -0.1) is 0 Å². The summed E-state index contributed by atoms with van der Waals surface area (Å²) in [5.41, 5.74) is 2.35. The Labute approximate surface area is 116 Å². The molecule has 3 fully saturated rings. The number of fused-ring (bicyclic) bond motifs is 3. The number of piperidine rings is 3. The lowest BCUT2D eigenvalue weighted by molar-refractivity contribution is -0.384. The molecule has 3 saturated heterocycles. The maximum atomic E-state index is 10.9. The minimum Gasteiger partial charge on any atom is -0.365 e. The number of hydrogen-bond donors (Lipinski definition) is 3. The molecule has 3 aliphatic rings. The first-order chi connectivity index (χ1) is 9.65. The van der Waals surface area contributed by atoms with E-state index < -0.39 is 4.92 Å². The van der Waals surface area contributed by atoms with E-state index in [0.29, 0.717) is 23.6 Å². The number of nitrogens with two attached hydrogens (primary N) is 1. The van der Waals surface area contributed by atoms with E-state index >= 15 is 0 Å². The third-order valence-corrected chi connectivity index (χ3v) is 4.16. The van der Waals surface area contributed by atoms with Crippen molar-refractivity contribution in [2.75, 3.05) is 30.4 Å². The number of aromatic nitrogens is 1. The molecule has 108 valence electrons. The maximum Gasteiger partial charge on any atom is 0.276 e. The molecule has 1 atom stereocenters. The van der Waals surface area contributed by atoms with Crippen LogP contribution in [0.3, 0.4) is 0 Å². The second-order valence-electron chi connectivity index (χ2n) is 5.39. The predicted molar refractivity (Wildman–Crippen MR) is 75.3 cm³/mol. The van der Waals surface area contributed by atoms with Crippen LogP contribution in [-0.2, 0) is 0 Å². The smallest absolute Gasteiger partial charge is 0.276 e. The molecule has 0 amide bonds. The third-order valence-electron chi connectivity index (χ3n) is 4.16. The number of hydrazine groups is 1. The van der Waals surface area contributed by atoms with E-state index in [-0.39, 0.29) is 5.69 Å². The molecule has 0 aromatic carbocycles. The van der Waals surface area contributed by atoms with Crippen LogP contribution in [0.25, 0.3) is 0 Å². The summed E-state index contributed by atoms with van der Waals surface area (Å²) in [7, 11) is 0. The van der Waals surface area contributed by atoms with Crippen molar-refractivity contribution in [3.63, 3.8) is 0 Å². The topological polar surface area (TPSA) is 109 Å². The van der Waals surface area contributed by atoms with E-state index in [0.717, 1.165) is 19.6 Å². The molecular weight excluding hydrogens is 260 g/mol. The Morgan fingerprint density at radius 2 is 2.05 bits per heavy atom. The lowest BCUT2D eigenvalue weighted by atomic mass is 9.84. The molecule has 4 N–H and O–H groups in total. The lowest BCUT2D eigenvalue weighted by Gasteiger charge is -2.45. The summed E-state index contributed by atoms with van der Waals surface area (Å²) in [5.74, 6) is 6.73. The molecule has 1 unspecified atom stereocenters. The summed E-state index contributed by atoms with van der Waals surface area (Å²) in [4.78, 5) is 17.1. The number of anilines is 2. The number of nitrogens with one attached hydrogen (secondary N) is 2. The van der Waals surface area contributed by atoms with Gasteiger partial charge in [-0.1, -0.05) is 0 Å². The Hall–Kier alpha value is -1.93. The molecular formula is C12H18N6O2. The highest BCUT2D eigenvalue weighted by molar-refractivity contribution is 5.54. The van der Waals surface area contributed by atoms with Crippen LogP contribution in [0.4, 0.5) is 17.3 Å². The van der Waals surface area contributed by atoms with E-state index in [1.54, 1.807) is 0 Å². The molecule has 1 aromatic heterocycles. The van der Waals surface area contributed by atoms with E-state index in [9.17, 15) is 10.1 Å². The van der Waals surface area contributed by atoms with E-state index in [2.05, 4.69) is 20.6 Å². The SMILES string of the molecule is NNc1cc([N+](=O)[O-])cc(NC2CN3CCC2CC3)n1. The van der Waals surface area contributed by atoms with Gasteiger partial charge < -0.3 is 15.6 Å². The van der Waals surface area contributed by atoms with Gasteiger partial charge in [0.2, 0.25) is 0 Å². The van der Waals surface area contributed by atoms with Crippen molar-refractivity contribution >= 4 is 17.3 Å². The Kier molecular flexibility index (Phi) is 3.41. The van der Waals surface area contributed by atoms with Gasteiger partial charge in [0.25, 0.3) is 5.69 Å². The first-order valence-electron chi connectivity index (χ1n) is 6.77. The summed E-state index contributed by atoms with van der Waals surface area (Å²) in [6.07, 6.45) is 2.35. The van der Waals surface area contributed by atoms with E-state index in [1.807, 2.05) is 0 Å². The van der Waals surface area contributed by atoms with Crippen LogP contribution in [0.2, 0.25) is 0 Å². The van der Waals surface area contributed by atoms with Crippen LogP contribution in [0, 0.1) is 16.0 Å². The van der Waals surface area contributed by atoms with Crippen LogP contribution in [0.15, 0.2) is 12.1 Å². The van der Waals surface area contributed by atoms with Crippen LogP contribution in [0.1, 0.15) is 12.8 Å². The van der Waals surface area contributed by atoms with Crippen LogP contribution >= 0.6 is 0 Å². The van der Waals surface area contributed by atoms with Crippen molar-refractivity contribution < 1.29 is 4.92 Å². The number of pyridine rings is 1. The zero-order valence-corrected chi connectivity index (χ0v) is 11.1. The number of hydrogen-bond acceptors (Lipinski definition) is 7. The average molecular weight is 278 g/mol. The fourth-order valence-electron chi connectivity index (χ4n) is 3.09. The van der Waals surface area contributed by atoms with Gasteiger partial charge in [0, 0.05) is 12.6 Å². The van der Waals surface area contributed by atoms with Crippen molar-refractivity contribution in [3.8, 4) is 0 Å². The van der Waals surface area contributed by atoms with Crippen molar-refractivity contribution in [1.29, 1.82) is 0 Å². The van der Waals surface area contributed by atoms with Gasteiger partial charge in [-0.05, 0) is 31.8 Å². The van der Waals surface area contributed by atoms with Gasteiger partial charge in [-0.25, -0.2) is 10.8 Å². The Bertz CT molecular complexity index is 515. The fraction of sp³-hybridized carbons (Fsp3) is 0.583. The van der Waals surface area contributed by atoms with Gasteiger partial charge in [-0.2, -0.15) is 0 Å². The molecule has 8 heteroatoms. The van der Waals surface area contributed by atoms with Crippen molar-refractivity contribution in [1.82, 2.24) is 9.88 Å². The quantitative estimate of drug-likeness (QED) is 0.424. The summed E-state index contributed by atoms with van der Waals surface area (Å²) in [6, 6.07) is 3.08. The zero-order valence-electron chi connectivity index (χ0n) is 11.1. The average Bonchev–Trinajstić information content (AvgIpc) is 2.48. The predicted octanol–water partition coefficient (Wildman–Crippen LogP) is 0.781. The van der Waals surface area contributed by atoms with Gasteiger partial charge in [0.05, 0.1) is 17.1 Å². The van der Waals surface area contributed by atoms with Gasteiger partial charge >= 0.3 is 0 Å². The molecule has 0 radical (unpaired) electrons. The maximum absolute atomic E-state index is 10.9. The zero-order chi connectivity index (χ0) is 14.1. The molecule has 1 aromatic rings. The number of nitrogen functional groups attached to an aromatic ring is 1. The summed E-state index contributed by atoms with van der Waals surface area (Å²) < 4.78 is 0. The standard InChI is InChI=1S/C12H18N6O2/c13-16-12-6-9(18(19)20)5-11(15-12)14-10-7-17-3-1-8(10)2-4-17/h5-6,8,10H,1-4,7,13H2,(H2,14,15,16). The normalized spacial score (nSPS) is 28.1. The fourth-order valence-corrected chi connectivity index (χ4v) is 3.09. The molecule has 3 aliphatic heterocycles. The van der Waals surface area contributed by atoms with Crippen LogP contribution in [0.5, 0.6) is 0 Å². The molecule has 4 rings (SSSR count). The van der Waals surface area contributed by atoms with Gasteiger partial charge in [0.1, 0.15) is 11.6 Å². The molecule has 20 heavy (non-hydrogen) atoms. The van der Waals surface area contributed by atoms with Crippen LogP contribution < -0.4 is 16.6 Å². The molecule has 0 aliphatic carbocycles. The second kappa shape index (κ2) is 5.22. The first-order valence-corrected chi connectivity index (χ1v) is 6.77. The molecule has 0 spiro atoms. The highest BCUT2D eigenvalue weighted by Crippen LogP contribution is 2.30. The highest BCUT2D eigenvalue weighted by Gasteiger charge is 2.34. The van der Waals surface area contributed by atoms with Gasteiger partial charge in [0.15, 0.2) is 0 Å². The number of rotatable bonds is 4. The summed E-state index contributed by atoms with van der Waals surface area (Å²) in [5, 5.41) is 14.2. The van der Waals surface area contributed by atoms with Gasteiger partial charge in [-0.3, -0.25) is 10.1 Å². The number of nitro groups is 1.